The summed E-state index contributed by atoms with van der Waals surface area (Å²) < 4.78 is 0. The molecule has 1 aliphatic heterocycles. The SMILES string of the molecule is Cc1ccc([C@@H]2S[C@H](C)C(=O)N2CCN(C(=O)NC(C)C)C(C)C)cc1. The highest BCUT2D eigenvalue weighted by molar-refractivity contribution is 8.01. The molecular formula is C20H31N3O2S. The summed E-state index contributed by atoms with van der Waals surface area (Å²) in [5.74, 6) is 0.147. The summed E-state index contributed by atoms with van der Waals surface area (Å²) in [6.07, 6.45) is 0. The number of urea groups is 1. The number of amides is 3. The van der Waals surface area contributed by atoms with Crippen LogP contribution < -0.4 is 5.32 Å². The predicted molar refractivity (Wildman–Crippen MR) is 108 cm³/mol. The third-order valence-electron chi connectivity index (χ3n) is 4.49. The van der Waals surface area contributed by atoms with Crippen LogP contribution in [-0.4, -0.2) is 52.2 Å². The minimum absolute atomic E-state index is 0.0141. The largest absolute Gasteiger partial charge is 0.336 e. The fraction of sp³-hybridized carbons (Fsp3) is 0.600. The van der Waals surface area contributed by atoms with Crippen molar-refractivity contribution in [3.05, 3.63) is 35.4 Å². The molecule has 1 N–H and O–H groups in total. The standard InChI is InChI=1S/C20H31N3O2S/c1-13(2)21-20(25)22(14(3)4)11-12-23-18(24)16(6)26-19(23)17-9-7-15(5)8-10-17/h7-10,13-14,16,19H,11-12H2,1-6H3,(H,21,25)/t16-,19+/m1/s1. The van der Waals surface area contributed by atoms with E-state index in [0.29, 0.717) is 13.1 Å². The number of nitrogens with zero attached hydrogens (tertiary/aromatic N) is 2. The number of carbonyl (C=O) groups is 2. The summed E-state index contributed by atoms with van der Waals surface area (Å²) in [6.45, 7) is 13.0. The zero-order valence-electron chi connectivity index (χ0n) is 16.7. The fourth-order valence-electron chi connectivity index (χ4n) is 3.03. The highest BCUT2D eigenvalue weighted by Gasteiger charge is 2.38. The lowest BCUT2D eigenvalue weighted by Crippen LogP contribution is -2.49. The molecule has 1 heterocycles. The minimum Gasteiger partial charge on any atom is -0.336 e. The first-order valence-electron chi connectivity index (χ1n) is 9.30. The molecule has 1 aromatic carbocycles. The highest BCUT2D eigenvalue weighted by atomic mass is 32.2. The summed E-state index contributed by atoms with van der Waals surface area (Å²) in [6, 6.07) is 8.45. The van der Waals surface area contributed by atoms with Gasteiger partial charge in [0.1, 0.15) is 5.37 Å². The van der Waals surface area contributed by atoms with Crippen LogP contribution in [0.2, 0.25) is 0 Å². The number of rotatable bonds is 6. The van der Waals surface area contributed by atoms with Crippen molar-refractivity contribution in [2.45, 2.75) is 64.2 Å². The Morgan fingerprint density at radius 3 is 2.38 bits per heavy atom. The second-order valence-electron chi connectivity index (χ2n) is 7.46. The van der Waals surface area contributed by atoms with Crippen LogP contribution in [0.15, 0.2) is 24.3 Å². The Bertz CT molecular complexity index is 630. The van der Waals surface area contributed by atoms with Gasteiger partial charge in [-0.1, -0.05) is 29.8 Å². The number of benzene rings is 1. The van der Waals surface area contributed by atoms with E-state index in [-0.39, 0.29) is 34.6 Å². The Kier molecular flexibility index (Phi) is 6.98. The van der Waals surface area contributed by atoms with E-state index in [1.165, 1.54) is 5.56 Å². The fourth-order valence-corrected chi connectivity index (χ4v) is 4.34. The van der Waals surface area contributed by atoms with E-state index in [1.807, 2.05) is 39.5 Å². The van der Waals surface area contributed by atoms with Crippen molar-refractivity contribution in [2.24, 2.45) is 0 Å². The van der Waals surface area contributed by atoms with Crippen molar-refractivity contribution in [3.8, 4) is 0 Å². The number of hydrogen-bond acceptors (Lipinski definition) is 3. The quantitative estimate of drug-likeness (QED) is 0.821. The molecule has 0 radical (unpaired) electrons. The van der Waals surface area contributed by atoms with Gasteiger partial charge in [0.05, 0.1) is 5.25 Å². The van der Waals surface area contributed by atoms with E-state index in [1.54, 1.807) is 16.7 Å². The lowest BCUT2D eigenvalue weighted by Gasteiger charge is -2.31. The molecule has 5 nitrogen and oxygen atoms in total. The zero-order chi connectivity index (χ0) is 19.4. The maximum atomic E-state index is 12.7. The highest BCUT2D eigenvalue weighted by Crippen LogP contribution is 2.42. The van der Waals surface area contributed by atoms with Crippen molar-refractivity contribution < 1.29 is 9.59 Å². The Hall–Kier alpha value is -1.69. The average Bonchev–Trinajstić information content (AvgIpc) is 2.83. The topological polar surface area (TPSA) is 52.7 Å². The van der Waals surface area contributed by atoms with Gasteiger partial charge in [-0.15, -0.1) is 11.8 Å². The van der Waals surface area contributed by atoms with E-state index < -0.39 is 0 Å². The summed E-state index contributed by atoms with van der Waals surface area (Å²) in [5.41, 5.74) is 2.35. The maximum absolute atomic E-state index is 12.7. The normalized spacial score (nSPS) is 20.2. The summed E-state index contributed by atoms with van der Waals surface area (Å²) >= 11 is 1.68. The molecule has 6 heteroatoms. The molecular weight excluding hydrogens is 346 g/mol. The van der Waals surface area contributed by atoms with Crippen LogP contribution in [-0.2, 0) is 4.79 Å². The molecule has 26 heavy (non-hydrogen) atoms. The van der Waals surface area contributed by atoms with E-state index in [4.69, 9.17) is 0 Å². The summed E-state index contributed by atoms with van der Waals surface area (Å²) in [7, 11) is 0. The van der Waals surface area contributed by atoms with E-state index in [2.05, 4.69) is 36.5 Å². The monoisotopic (exact) mass is 377 g/mol. The first kappa shape index (κ1) is 20.6. The minimum atomic E-state index is -0.0748. The lowest BCUT2D eigenvalue weighted by molar-refractivity contribution is -0.130. The Balaban J connectivity index is 2.11. The van der Waals surface area contributed by atoms with Gasteiger partial charge in [-0.3, -0.25) is 4.79 Å². The molecule has 0 bridgehead atoms. The lowest BCUT2D eigenvalue weighted by atomic mass is 10.1. The first-order valence-corrected chi connectivity index (χ1v) is 10.2. The Labute approximate surface area is 161 Å². The third-order valence-corrected chi connectivity index (χ3v) is 5.88. The van der Waals surface area contributed by atoms with Crippen molar-refractivity contribution in [2.75, 3.05) is 13.1 Å². The number of hydrogen-bond donors (Lipinski definition) is 1. The number of carbonyl (C=O) groups excluding carboxylic acids is 2. The predicted octanol–water partition coefficient (Wildman–Crippen LogP) is 3.79. The molecule has 0 spiro atoms. The van der Waals surface area contributed by atoms with Crippen molar-refractivity contribution >= 4 is 23.7 Å². The molecule has 1 fully saturated rings. The van der Waals surface area contributed by atoms with Crippen molar-refractivity contribution in [1.82, 2.24) is 15.1 Å². The molecule has 2 atom stereocenters. The number of nitrogens with one attached hydrogen (secondary N) is 1. The van der Waals surface area contributed by atoms with Crippen LogP contribution in [0.25, 0.3) is 0 Å². The summed E-state index contributed by atoms with van der Waals surface area (Å²) in [4.78, 5) is 28.8. The molecule has 1 saturated heterocycles. The molecule has 144 valence electrons. The molecule has 3 amide bonds. The van der Waals surface area contributed by atoms with Gasteiger partial charge < -0.3 is 15.1 Å². The van der Waals surface area contributed by atoms with Gasteiger partial charge in [-0.25, -0.2) is 4.79 Å². The second kappa shape index (κ2) is 8.80. The van der Waals surface area contributed by atoms with Gasteiger partial charge in [0.25, 0.3) is 0 Å². The van der Waals surface area contributed by atoms with Crippen LogP contribution in [0.5, 0.6) is 0 Å². The Morgan fingerprint density at radius 2 is 1.85 bits per heavy atom. The molecule has 1 aromatic rings. The van der Waals surface area contributed by atoms with E-state index >= 15 is 0 Å². The van der Waals surface area contributed by atoms with Gasteiger partial charge in [-0.05, 0) is 47.1 Å². The van der Waals surface area contributed by atoms with Crippen molar-refractivity contribution in [1.29, 1.82) is 0 Å². The second-order valence-corrected chi connectivity index (χ2v) is 8.89. The molecule has 0 saturated carbocycles. The van der Waals surface area contributed by atoms with Gasteiger partial charge in [0.15, 0.2) is 0 Å². The number of aryl methyl sites for hydroxylation is 1. The third kappa shape index (κ3) is 4.93. The summed E-state index contributed by atoms with van der Waals surface area (Å²) in [5, 5.41) is 2.90. The van der Waals surface area contributed by atoms with Gasteiger partial charge in [0.2, 0.25) is 5.91 Å². The maximum Gasteiger partial charge on any atom is 0.317 e. The smallest absolute Gasteiger partial charge is 0.317 e. The molecule has 1 aliphatic rings. The molecule has 0 aliphatic carbocycles. The molecule has 0 aromatic heterocycles. The van der Waals surface area contributed by atoms with Crippen molar-refractivity contribution in [3.63, 3.8) is 0 Å². The van der Waals surface area contributed by atoms with Gasteiger partial charge in [0, 0.05) is 25.2 Å². The van der Waals surface area contributed by atoms with Crippen LogP contribution in [0, 0.1) is 6.92 Å². The van der Waals surface area contributed by atoms with Crippen LogP contribution in [0.4, 0.5) is 4.79 Å². The average molecular weight is 378 g/mol. The van der Waals surface area contributed by atoms with Gasteiger partial charge in [-0.2, -0.15) is 0 Å². The first-order chi connectivity index (χ1) is 12.2. The molecule has 0 unspecified atom stereocenters. The van der Waals surface area contributed by atoms with E-state index in [9.17, 15) is 9.59 Å². The Morgan fingerprint density at radius 1 is 1.23 bits per heavy atom. The van der Waals surface area contributed by atoms with Gasteiger partial charge >= 0.3 is 6.03 Å². The van der Waals surface area contributed by atoms with E-state index in [0.717, 1.165) is 5.56 Å². The zero-order valence-corrected chi connectivity index (χ0v) is 17.5. The van der Waals surface area contributed by atoms with Crippen LogP contribution >= 0.6 is 11.8 Å². The van der Waals surface area contributed by atoms with Crippen LogP contribution in [0.1, 0.15) is 51.1 Å². The number of thioether (sulfide) groups is 1. The molecule has 2 rings (SSSR count). The van der Waals surface area contributed by atoms with Crippen LogP contribution in [0.3, 0.4) is 0 Å².